The van der Waals surface area contributed by atoms with E-state index in [9.17, 15) is 9.59 Å². The molecular formula is C15H18ClN3O2S. The summed E-state index contributed by atoms with van der Waals surface area (Å²) in [5.41, 5.74) is 0.637. The van der Waals surface area contributed by atoms with Crippen LogP contribution in [0, 0.1) is 0 Å². The zero-order valence-corrected chi connectivity index (χ0v) is 13.7. The number of nitrogens with zero attached hydrogens (tertiary/aromatic N) is 2. The summed E-state index contributed by atoms with van der Waals surface area (Å²) < 4.78 is 0. The monoisotopic (exact) mass is 339 g/mol. The minimum Gasteiger partial charge on any atom is -0.338 e. The Bertz CT molecular complexity index is 552. The van der Waals surface area contributed by atoms with Crippen LogP contribution < -0.4 is 5.32 Å². The standard InChI is InChI=1S/C15H18ClN3O2S/c16-12-3-1-11(2-4-12)14(20)18-5-7-19(8-6-18)15(21)13-9-22-10-17-13/h1-4,13,17H,5-10H2. The van der Waals surface area contributed by atoms with E-state index in [1.807, 2.05) is 4.90 Å². The van der Waals surface area contributed by atoms with Crippen molar-refractivity contribution in [3.8, 4) is 0 Å². The number of thioether (sulfide) groups is 1. The third-order valence-electron chi connectivity index (χ3n) is 3.98. The predicted molar refractivity (Wildman–Crippen MR) is 88.2 cm³/mol. The first kappa shape index (κ1) is 15.6. The average Bonchev–Trinajstić information content (AvgIpc) is 3.09. The van der Waals surface area contributed by atoms with Crippen LogP contribution in [0.15, 0.2) is 24.3 Å². The van der Waals surface area contributed by atoms with Crippen LogP contribution in [-0.4, -0.2) is 65.5 Å². The summed E-state index contributed by atoms with van der Waals surface area (Å²) in [6.07, 6.45) is 0. The Morgan fingerprint density at radius 3 is 2.32 bits per heavy atom. The molecule has 0 aromatic heterocycles. The van der Waals surface area contributed by atoms with Gasteiger partial charge in [-0.05, 0) is 24.3 Å². The van der Waals surface area contributed by atoms with Gasteiger partial charge in [0.2, 0.25) is 5.91 Å². The number of hydrogen-bond donors (Lipinski definition) is 1. The van der Waals surface area contributed by atoms with Crippen LogP contribution in [-0.2, 0) is 4.79 Å². The number of amides is 2. The van der Waals surface area contributed by atoms with Crippen LogP contribution in [0.4, 0.5) is 0 Å². The molecule has 7 heteroatoms. The van der Waals surface area contributed by atoms with E-state index in [1.54, 1.807) is 40.9 Å². The van der Waals surface area contributed by atoms with Gasteiger partial charge in [-0.1, -0.05) is 11.6 Å². The van der Waals surface area contributed by atoms with Gasteiger partial charge >= 0.3 is 0 Å². The van der Waals surface area contributed by atoms with Crippen LogP contribution in [0.2, 0.25) is 5.02 Å². The highest BCUT2D eigenvalue weighted by atomic mass is 35.5. The summed E-state index contributed by atoms with van der Waals surface area (Å²) in [6.45, 7) is 2.35. The van der Waals surface area contributed by atoms with E-state index in [4.69, 9.17) is 11.6 Å². The quantitative estimate of drug-likeness (QED) is 0.882. The first-order valence-electron chi connectivity index (χ1n) is 7.30. The number of hydrogen-bond acceptors (Lipinski definition) is 4. The van der Waals surface area contributed by atoms with Crippen LogP contribution in [0.5, 0.6) is 0 Å². The summed E-state index contributed by atoms with van der Waals surface area (Å²) in [4.78, 5) is 28.4. The average molecular weight is 340 g/mol. The van der Waals surface area contributed by atoms with Crippen molar-refractivity contribution in [2.45, 2.75) is 6.04 Å². The summed E-state index contributed by atoms with van der Waals surface area (Å²) in [5, 5.41) is 3.82. The molecule has 1 N–H and O–H groups in total. The second kappa shape index (κ2) is 6.89. The van der Waals surface area contributed by atoms with Gasteiger partial charge in [-0.15, -0.1) is 11.8 Å². The van der Waals surface area contributed by atoms with E-state index in [2.05, 4.69) is 5.32 Å². The van der Waals surface area contributed by atoms with Crippen molar-refractivity contribution < 1.29 is 9.59 Å². The molecule has 5 nitrogen and oxygen atoms in total. The maximum absolute atomic E-state index is 12.4. The van der Waals surface area contributed by atoms with E-state index in [0.29, 0.717) is 36.8 Å². The second-order valence-electron chi connectivity index (χ2n) is 5.40. The molecule has 2 saturated heterocycles. The van der Waals surface area contributed by atoms with E-state index in [1.165, 1.54) is 0 Å². The SMILES string of the molecule is O=C(c1ccc(Cl)cc1)N1CCN(C(=O)C2CSCN2)CC1. The summed E-state index contributed by atoms with van der Waals surface area (Å²) in [6, 6.07) is 6.85. The Kier molecular flexibility index (Phi) is 4.90. The molecule has 0 radical (unpaired) electrons. The molecule has 0 bridgehead atoms. The zero-order chi connectivity index (χ0) is 15.5. The zero-order valence-electron chi connectivity index (χ0n) is 12.1. The molecule has 0 aliphatic carbocycles. The second-order valence-corrected chi connectivity index (χ2v) is 6.86. The molecule has 1 unspecified atom stereocenters. The van der Waals surface area contributed by atoms with Crippen LogP contribution in [0.3, 0.4) is 0 Å². The fourth-order valence-electron chi connectivity index (χ4n) is 2.68. The lowest BCUT2D eigenvalue weighted by Crippen LogP contribution is -2.54. The smallest absolute Gasteiger partial charge is 0.253 e. The lowest BCUT2D eigenvalue weighted by molar-refractivity contribution is -0.134. The number of halogens is 1. The van der Waals surface area contributed by atoms with Crippen LogP contribution in [0.25, 0.3) is 0 Å². The number of piperazine rings is 1. The molecule has 2 aliphatic rings. The van der Waals surface area contributed by atoms with Gasteiger partial charge in [0.05, 0.1) is 6.04 Å². The van der Waals surface area contributed by atoms with Crippen LogP contribution in [0.1, 0.15) is 10.4 Å². The molecule has 0 spiro atoms. The maximum atomic E-state index is 12.4. The third kappa shape index (κ3) is 3.39. The topological polar surface area (TPSA) is 52.7 Å². The van der Waals surface area contributed by atoms with Crippen molar-refractivity contribution >= 4 is 35.2 Å². The Morgan fingerprint density at radius 1 is 1.09 bits per heavy atom. The Balaban J connectivity index is 1.56. The Labute approximate surface area is 139 Å². The van der Waals surface area contributed by atoms with Crippen molar-refractivity contribution in [3.63, 3.8) is 0 Å². The van der Waals surface area contributed by atoms with Crippen molar-refractivity contribution in [3.05, 3.63) is 34.9 Å². The van der Waals surface area contributed by atoms with Gasteiger partial charge in [0.15, 0.2) is 0 Å². The third-order valence-corrected chi connectivity index (χ3v) is 5.18. The van der Waals surface area contributed by atoms with Crippen molar-refractivity contribution in [1.82, 2.24) is 15.1 Å². The number of rotatable bonds is 2. The van der Waals surface area contributed by atoms with Gasteiger partial charge < -0.3 is 9.80 Å². The lowest BCUT2D eigenvalue weighted by atomic mass is 10.1. The van der Waals surface area contributed by atoms with E-state index >= 15 is 0 Å². The maximum Gasteiger partial charge on any atom is 0.253 e. The molecule has 3 rings (SSSR count). The number of carbonyl (C=O) groups is 2. The highest BCUT2D eigenvalue weighted by Gasteiger charge is 2.30. The lowest BCUT2D eigenvalue weighted by Gasteiger charge is -2.36. The molecule has 2 amide bonds. The highest BCUT2D eigenvalue weighted by molar-refractivity contribution is 7.99. The summed E-state index contributed by atoms with van der Waals surface area (Å²) in [5.74, 6) is 1.83. The molecular weight excluding hydrogens is 322 g/mol. The summed E-state index contributed by atoms with van der Waals surface area (Å²) >= 11 is 7.59. The van der Waals surface area contributed by atoms with Gasteiger partial charge in [0, 0.05) is 48.4 Å². The molecule has 2 heterocycles. The Morgan fingerprint density at radius 2 is 1.73 bits per heavy atom. The summed E-state index contributed by atoms with van der Waals surface area (Å²) in [7, 11) is 0. The Hall–Kier alpha value is -1.24. The molecule has 1 aromatic rings. The number of nitrogens with one attached hydrogen (secondary N) is 1. The van der Waals surface area contributed by atoms with Gasteiger partial charge in [-0.2, -0.15) is 0 Å². The van der Waals surface area contributed by atoms with E-state index in [0.717, 1.165) is 11.6 Å². The molecule has 2 aliphatic heterocycles. The van der Waals surface area contributed by atoms with Crippen molar-refractivity contribution in [2.75, 3.05) is 37.8 Å². The molecule has 0 saturated carbocycles. The normalized spacial score (nSPS) is 22.0. The molecule has 1 aromatic carbocycles. The largest absolute Gasteiger partial charge is 0.338 e. The van der Waals surface area contributed by atoms with Gasteiger partial charge in [0.1, 0.15) is 0 Å². The van der Waals surface area contributed by atoms with Crippen molar-refractivity contribution in [2.24, 2.45) is 0 Å². The number of benzene rings is 1. The fraction of sp³-hybridized carbons (Fsp3) is 0.467. The van der Waals surface area contributed by atoms with E-state index in [-0.39, 0.29) is 17.9 Å². The minimum atomic E-state index is -0.0662. The fourth-order valence-corrected chi connectivity index (χ4v) is 3.74. The first-order chi connectivity index (χ1) is 10.6. The number of carbonyl (C=O) groups excluding carboxylic acids is 2. The molecule has 1 atom stereocenters. The van der Waals surface area contributed by atoms with Crippen LogP contribution >= 0.6 is 23.4 Å². The first-order valence-corrected chi connectivity index (χ1v) is 8.83. The molecule has 2 fully saturated rings. The highest BCUT2D eigenvalue weighted by Crippen LogP contribution is 2.15. The van der Waals surface area contributed by atoms with Gasteiger partial charge in [0.25, 0.3) is 5.91 Å². The molecule has 118 valence electrons. The van der Waals surface area contributed by atoms with Crippen molar-refractivity contribution in [1.29, 1.82) is 0 Å². The minimum absolute atomic E-state index is 0.00156. The molecule has 22 heavy (non-hydrogen) atoms. The predicted octanol–water partition coefficient (Wildman–Crippen LogP) is 1.29. The van der Waals surface area contributed by atoms with Gasteiger partial charge in [-0.3, -0.25) is 14.9 Å². The van der Waals surface area contributed by atoms with E-state index < -0.39 is 0 Å². The van der Waals surface area contributed by atoms with Gasteiger partial charge in [-0.25, -0.2) is 0 Å².